The Kier molecular flexibility index (Phi) is 4.91. The zero-order valence-electron chi connectivity index (χ0n) is 17.5. The van der Waals surface area contributed by atoms with Gasteiger partial charge in [-0.1, -0.05) is 42.5 Å². The Morgan fingerprint density at radius 1 is 1.00 bits per heavy atom. The zero-order valence-corrected chi connectivity index (χ0v) is 17.5. The molecule has 164 valence electrons. The van der Waals surface area contributed by atoms with Gasteiger partial charge in [0, 0.05) is 24.5 Å². The van der Waals surface area contributed by atoms with Crippen molar-refractivity contribution in [2.24, 2.45) is 5.73 Å². The van der Waals surface area contributed by atoms with E-state index in [1.54, 1.807) is 12.1 Å². The van der Waals surface area contributed by atoms with E-state index in [9.17, 15) is 19.2 Å². The first kappa shape index (κ1) is 20.5. The van der Waals surface area contributed by atoms with E-state index in [1.165, 1.54) is 0 Å². The topological polar surface area (TPSA) is 122 Å². The fourth-order valence-electron chi connectivity index (χ4n) is 4.96. The van der Waals surface area contributed by atoms with E-state index < -0.39 is 23.8 Å². The maximum Gasteiger partial charge on any atom is 0.262 e. The number of carbonyl (C=O) groups excluding carboxylic acids is 4. The van der Waals surface area contributed by atoms with E-state index in [2.05, 4.69) is 10.6 Å². The molecule has 3 aliphatic rings. The Labute approximate surface area is 185 Å². The molecule has 2 heterocycles. The van der Waals surface area contributed by atoms with Gasteiger partial charge in [0.05, 0.1) is 11.1 Å². The number of rotatable bonds is 5. The van der Waals surface area contributed by atoms with Crippen LogP contribution in [0.5, 0.6) is 0 Å². The Hall–Kier alpha value is -3.36. The van der Waals surface area contributed by atoms with Gasteiger partial charge in [0.15, 0.2) is 0 Å². The number of benzene rings is 2. The van der Waals surface area contributed by atoms with Gasteiger partial charge in [0.2, 0.25) is 11.8 Å². The number of nitrogens with one attached hydrogen (secondary N) is 2. The van der Waals surface area contributed by atoms with Crippen molar-refractivity contribution in [2.45, 2.75) is 49.9 Å². The first-order chi connectivity index (χ1) is 15.4. The second-order valence-corrected chi connectivity index (χ2v) is 8.80. The second kappa shape index (κ2) is 7.65. The van der Waals surface area contributed by atoms with Gasteiger partial charge in [-0.25, -0.2) is 0 Å². The minimum Gasteiger partial charge on any atom is -0.321 e. The smallest absolute Gasteiger partial charge is 0.262 e. The van der Waals surface area contributed by atoms with E-state index in [4.69, 9.17) is 5.73 Å². The normalized spacial score (nSPS) is 27.2. The van der Waals surface area contributed by atoms with E-state index in [1.807, 2.05) is 36.4 Å². The number of nitrogens with zero attached hydrogens (tertiary/aromatic N) is 1. The Morgan fingerprint density at radius 2 is 1.75 bits per heavy atom. The van der Waals surface area contributed by atoms with Crippen molar-refractivity contribution in [2.75, 3.05) is 0 Å². The number of hydrogen-bond donors (Lipinski definition) is 3. The van der Waals surface area contributed by atoms with Crippen LogP contribution in [-0.4, -0.2) is 40.6 Å². The van der Waals surface area contributed by atoms with Gasteiger partial charge in [0.1, 0.15) is 6.04 Å². The summed E-state index contributed by atoms with van der Waals surface area (Å²) in [6.45, 7) is 0.418. The summed E-state index contributed by atoms with van der Waals surface area (Å²) in [5.74, 6) is -1.97. The Morgan fingerprint density at radius 3 is 2.47 bits per heavy atom. The van der Waals surface area contributed by atoms with Gasteiger partial charge >= 0.3 is 0 Å². The van der Waals surface area contributed by atoms with Crippen molar-refractivity contribution in [3.63, 3.8) is 0 Å². The number of nitrogens with two attached hydrogens (primary N) is 1. The van der Waals surface area contributed by atoms with Crippen molar-refractivity contribution in [3.8, 4) is 0 Å². The monoisotopic (exact) mass is 432 g/mol. The summed E-state index contributed by atoms with van der Waals surface area (Å²) in [6, 6.07) is 14.4. The fraction of sp³-hybridized carbons (Fsp3) is 0.333. The molecule has 2 aromatic rings. The number of amides is 4. The van der Waals surface area contributed by atoms with Crippen LogP contribution < -0.4 is 16.4 Å². The lowest BCUT2D eigenvalue weighted by Crippen LogP contribution is -2.56. The summed E-state index contributed by atoms with van der Waals surface area (Å²) in [6.07, 6.45) is 1.80. The van der Waals surface area contributed by atoms with Gasteiger partial charge < -0.3 is 11.1 Å². The molecule has 2 fully saturated rings. The minimum atomic E-state index is -0.962. The highest BCUT2D eigenvalue weighted by Crippen LogP contribution is 2.39. The quantitative estimate of drug-likeness (QED) is 0.611. The summed E-state index contributed by atoms with van der Waals surface area (Å²) >= 11 is 0. The van der Waals surface area contributed by atoms with Crippen LogP contribution in [0, 0.1) is 0 Å². The van der Waals surface area contributed by atoms with Crippen LogP contribution in [0.1, 0.15) is 57.5 Å². The Bertz CT molecular complexity index is 1120. The van der Waals surface area contributed by atoms with Gasteiger partial charge in [-0.2, -0.15) is 0 Å². The molecule has 4 amide bonds. The molecular weight excluding hydrogens is 408 g/mol. The average molecular weight is 432 g/mol. The van der Waals surface area contributed by atoms with Crippen LogP contribution in [-0.2, 0) is 21.7 Å². The fourth-order valence-corrected chi connectivity index (χ4v) is 4.96. The summed E-state index contributed by atoms with van der Waals surface area (Å²) in [4.78, 5) is 50.8. The van der Waals surface area contributed by atoms with E-state index in [0.29, 0.717) is 23.2 Å². The van der Waals surface area contributed by atoms with Gasteiger partial charge in [-0.15, -0.1) is 0 Å². The second-order valence-electron chi connectivity index (χ2n) is 8.80. The number of carbonyl (C=O) groups is 4. The molecule has 5 rings (SSSR count). The van der Waals surface area contributed by atoms with Crippen LogP contribution in [0.15, 0.2) is 48.5 Å². The predicted octanol–water partition coefficient (Wildman–Crippen LogP) is 1.19. The molecular formula is C24H24N4O4. The molecule has 0 radical (unpaired) electrons. The molecule has 0 spiro atoms. The maximum atomic E-state index is 13.2. The highest BCUT2D eigenvalue weighted by molar-refractivity contribution is 6.24. The largest absolute Gasteiger partial charge is 0.321 e. The SMILES string of the molecule is NC1(c2ccccc2)CC(NCc2cccc3c2C(=O)N(C2CCC(=O)NC2=O)C3=O)C1. The van der Waals surface area contributed by atoms with Crippen LogP contribution in [0.2, 0.25) is 0 Å². The summed E-state index contributed by atoms with van der Waals surface area (Å²) < 4.78 is 0. The molecule has 2 aromatic carbocycles. The van der Waals surface area contributed by atoms with Crippen molar-refractivity contribution in [3.05, 3.63) is 70.8 Å². The van der Waals surface area contributed by atoms with Gasteiger partial charge in [0.25, 0.3) is 11.8 Å². The van der Waals surface area contributed by atoms with Gasteiger partial charge in [-0.3, -0.25) is 29.4 Å². The first-order valence-corrected chi connectivity index (χ1v) is 10.8. The minimum absolute atomic E-state index is 0.0994. The van der Waals surface area contributed by atoms with Crippen LogP contribution in [0.25, 0.3) is 0 Å². The molecule has 4 N–H and O–H groups in total. The highest BCUT2D eigenvalue weighted by atomic mass is 16.2. The van der Waals surface area contributed by atoms with Crippen molar-refractivity contribution >= 4 is 23.6 Å². The predicted molar refractivity (Wildman–Crippen MR) is 115 cm³/mol. The van der Waals surface area contributed by atoms with Crippen molar-refractivity contribution in [1.82, 2.24) is 15.5 Å². The summed E-state index contributed by atoms with van der Waals surface area (Å²) in [5.41, 5.74) is 8.62. The van der Waals surface area contributed by atoms with E-state index >= 15 is 0 Å². The zero-order chi connectivity index (χ0) is 22.5. The molecule has 32 heavy (non-hydrogen) atoms. The number of hydrogen-bond acceptors (Lipinski definition) is 6. The van der Waals surface area contributed by atoms with Gasteiger partial charge in [-0.05, 0) is 36.5 Å². The average Bonchev–Trinajstić information content (AvgIpc) is 3.02. The molecule has 1 saturated carbocycles. The van der Waals surface area contributed by atoms with E-state index in [0.717, 1.165) is 23.3 Å². The van der Waals surface area contributed by atoms with Crippen molar-refractivity contribution in [1.29, 1.82) is 0 Å². The molecule has 1 atom stereocenters. The molecule has 1 aliphatic carbocycles. The third kappa shape index (κ3) is 3.32. The standard InChI is InChI=1S/C24H24N4O4/c25-24(15-6-2-1-3-7-15)11-16(12-24)26-13-14-5-4-8-17-20(14)23(32)28(22(17)31)18-9-10-19(29)27-21(18)30/h1-8,16,18,26H,9-13,25H2,(H,27,29,30). The molecule has 0 bridgehead atoms. The summed E-state index contributed by atoms with van der Waals surface area (Å²) in [7, 11) is 0. The lowest BCUT2D eigenvalue weighted by atomic mass is 9.69. The molecule has 2 aliphatic heterocycles. The third-order valence-electron chi connectivity index (χ3n) is 6.71. The molecule has 8 heteroatoms. The third-order valence-corrected chi connectivity index (χ3v) is 6.71. The van der Waals surface area contributed by atoms with Crippen LogP contribution in [0.4, 0.5) is 0 Å². The molecule has 1 unspecified atom stereocenters. The lowest BCUT2D eigenvalue weighted by Gasteiger charge is -2.46. The number of fused-ring (bicyclic) bond motifs is 1. The van der Waals surface area contributed by atoms with Crippen LogP contribution in [0.3, 0.4) is 0 Å². The molecule has 0 aromatic heterocycles. The first-order valence-electron chi connectivity index (χ1n) is 10.8. The maximum absolute atomic E-state index is 13.2. The molecule has 8 nitrogen and oxygen atoms in total. The number of imide groups is 2. The van der Waals surface area contributed by atoms with Crippen LogP contribution >= 0.6 is 0 Å². The van der Waals surface area contributed by atoms with Crippen molar-refractivity contribution < 1.29 is 19.2 Å². The molecule has 1 saturated heterocycles. The Balaban J connectivity index is 1.29. The van der Waals surface area contributed by atoms with E-state index in [-0.39, 0.29) is 30.3 Å². The highest BCUT2D eigenvalue weighted by Gasteiger charge is 2.46. The summed E-state index contributed by atoms with van der Waals surface area (Å²) in [5, 5.41) is 5.67. The number of piperidine rings is 1. The lowest BCUT2D eigenvalue weighted by molar-refractivity contribution is -0.136.